The van der Waals surface area contributed by atoms with Crippen LogP contribution in [0.2, 0.25) is 0 Å². The van der Waals surface area contributed by atoms with Crippen molar-refractivity contribution >= 4 is 46.0 Å². The molecule has 9 heteroatoms. The van der Waals surface area contributed by atoms with Gasteiger partial charge in [-0.3, -0.25) is 14.3 Å². The third-order valence-electron chi connectivity index (χ3n) is 4.35. The van der Waals surface area contributed by atoms with E-state index in [0.29, 0.717) is 12.1 Å². The van der Waals surface area contributed by atoms with E-state index >= 15 is 0 Å². The number of nitrogens with zero attached hydrogens (tertiary/aromatic N) is 5. The quantitative estimate of drug-likeness (QED) is 0.537. The van der Waals surface area contributed by atoms with E-state index in [1.807, 2.05) is 31.3 Å². The molecule has 3 aromatic rings. The van der Waals surface area contributed by atoms with Gasteiger partial charge in [-0.25, -0.2) is 9.97 Å². The van der Waals surface area contributed by atoms with Crippen molar-refractivity contribution in [3.05, 3.63) is 36.8 Å². The summed E-state index contributed by atoms with van der Waals surface area (Å²) in [6.07, 6.45) is 4.62. The number of hydrogen-bond donors (Lipinski definition) is 1. The SMILES string of the molecule is Cn1ncc2c(SCC(=O)Nc3cccc(N4CCCC4=O)c3)ncnc21. The number of fused-ring (bicyclic) bond motifs is 1. The molecular weight excluding hydrogens is 364 g/mol. The molecule has 0 atom stereocenters. The average Bonchev–Trinajstić information content (AvgIpc) is 3.26. The minimum atomic E-state index is -0.138. The average molecular weight is 382 g/mol. The molecule has 1 saturated heterocycles. The maximum Gasteiger partial charge on any atom is 0.234 e. The number of benzene rings is 1. The number of aryl methyl sites for hydroxylation is 1. The fraction of sp³-hybridized carbons (Fsp3) is 0.278. The number of anilines is 2. The lowest BCUT2D eigenvalue weighted by molar-refractivity contribution is -0.117. The molecular formula is C18H18N6O2S. The van der Waals surface area contributed by atoms with Gasteiger partial charge in [-0.15, -0.1) is 0 Å². The Balaban J connectivity index is 1.41. The van der Waals surface area contributed by atoms with Crippen LogP contribution in [0.25, 0.3) is 11.0 Å². The van der Waals surface area contributed by atoms with Gasteiger partial charge in [0, 0.05) is 31.4 Å². The van der Waals surface area contributed by atoms with Gasteiger partial charge in [0.2, 0.25) is 11.8 Å². The van der Waals surface area contributed by atoms with E-state index in [1.54, 1.807) is 15.8 Å². The van der Waals surface area contributed by atoms with Crippen molar-refractivity contribution < 1.29 is 9.59 Å². The zero-order valence-electron chi connectivity index (χ0n) is 14.8. The minimum absolute atomic E-state index is 0.123. The summed E-state index contributed by atoms with van der Waals surface area (Å²) < 4.78 is 1.67. The molecule has 0 aliphatic carbocycles. The van der Waals surface area contributed by atoms with E-state index in [4.69, 9.17) is 0 Å². The standard InChI is InChI=1S/C18H18N6O2S/c1-23-17-14(9-21-23)18(20-11-19-17)27-10-15(25)22-12-4-2-5-13(8-12)24-7-3-6-16(24)26/h2,4-5,8-9,11H,3,6-7,10H2,1H3,(H,22,25). The molecule has 1 aliphatic heterocycles. The van der Waals surface area contributed by atoms with Crippen LogP contribution in [0.5, 0.6) is 0 Å². The number of nitrogens with one attached hydrogen (secondary N) is 1. The van der Waals surface area contributed by atoms with Crippen molar-refractivity contribution in [2.24, 2.45) is 7.05 Å². The monoisotopic (exact) mass is 382 g/mol. The second-order valence-electron chi connectivity index (χ2n) is 6.22. The van der Waals surface area contributed by atoms with E-state index in [2.05, 4.69) is 20.4 Å². The molecule has 0 bridgehead atoms. The molecule has 1 aliphatic rings. The third-order valence-corrected chi connectivity index (χ3v) is 5.35. The van der Waals surface area contributed by atoms with E-state index in [0.717, 1.165) is 34.7 Å². The fourth-order valence-corrected chi connectivity index (χ4v) is 3.82. The highest BCUT2D eigenvalue weighted by Gasteiger charge is 2.21. The van der Waals surface area contributed by atoms with Crippen molar-refractivity contribution in [3.63, 3.8) is 0 Å². The number of carbonyl (C=O) groups is 2. The van der Waals surface area contributed by atoms with Crippen LogP contribution >= 0.6 is 11.8 Å². The fourth-order valence-electron chi connectivity index (χ4n) is 3.06. The lowest BCUT2D eigenvalue weighted by atomic mass is 10.2. The van der Waals surface area contributed by atoms with Gasteiger partial charge in [0.15, 0.2) is 5.65 Å². The molecule has 0 saturated carbocycles. The predicted octanol–water partition coefficient (Wildman–Crippen LogP) is 2.22. The minimum Gasteiger partial charge on any atom is -0.325 e. The third kappa shape index (κ3) is 3.63. The topological polar surface area (TPSA) is 93.0 Å². The van der Waals surface area contributed by atoms with Crippen LogP contribution in [-0.2, 0) is 16.6 Å². The van der Waals surface area contributed by atoms with Crippen LogP contribution in [0.15, 0.2) is 41.8 Å². The summed E-state index contributed by atoms with van der Waals surface area (Å²) in [6, 6.07) is 7.37. The highest BCUT2D eigenvalue weighted by Crippen LogP contribution is 2.26. The summed E-state index contributed by atoms with van der Waals surface area (Å²) in [5.41, 5.74) is 2.22. The number of rotatable bonds is 5. The molecule has 0 unspecified atom stereocenters. The summed E-state index contributed by atoms with van der Waals surface area (Å²) >= 11 is 1.34. The first-order valence-electron chi connectivity index (χ1n) is 8.57. The van der Waals surface area contributed by atoms with Gasteiger partial charge in [0.1, 0.15) is 11.4 Å². The molecule has 0 radical (unpaired) electrons. The molecule has 0 spiro atoms. The number of carbonyl (C=O) groups excluding carboxylic acids is 2. The molecule has 1 aromatic carbocycles. The summed E-state index contributed by atoms with van der Waals surface area (Å²) in [5.74, 6) is 0.201. The van der Waals surface area contributed by atoms with Crippen molar-refractivity contribution in [1.29, 1.82) is 0 Å². The van der Waals surface area contributed by atoms with Gasteiger partial charge in [-0.1, -0.05) is 17.8 Å². The predicted molar refractivity (Wildman–Crippen MR) is 104 cm³/mol. The smallest absolute Gasteiger partial charge is 0.234 e. The van der Waals surface area contributed by atoms with Gasteiger partial charge in [0.05, 0.1) is 17.3 Å². The first kappa shape index (κ1) is 17.5. The Morgan fingerprint density at radius 1 is 1.33 bits per heavy atom. The zero-order valence-corrected chi connectivity index (χ0v) is 15.6. The lowest BCUT2D eigenvalue weighted by Gasteiger charge is -2.16. The molecule has 1 N–H and O–H groups in total. The first-order valence-corrected chi connectivity index (χ1v) is 9.56. The Labute approximate surface area is 160 Å². The highest BCUT2D eigenvalue weighted by molar-refractivity contribution is 8.00. The largest absolute Gasteiger partial charge is 0.325 e. The Morgan fingerprint density at radius 2 is 2.22 bits per heavy atom. The Morgan fingerprint density at radius 3 is 3.04 bits per heavy atom. The second kappa shape index (κ2) is 7.36. The molecule has 3 heterocycles. The van der Waals surface area contributed by atoms with Crippen LogP contribution < -0.4 is 10.2 Å². The number of aromatic nitrogens is 4. The molecule has 2 amide bonds. The van der Waals surface area contributed by atoms with E-state index in [-0.39, 0.29) is 17.6 Å². The van der Waals surface area contributed by atoms with Crippen molar-refractivity contribution in [1.82, 2.24) is 19.7 Å². The molecule has 27 heavy (non-hydrogen) atoms. The molecule has 138 valence electrons. The van der Waals surface area contributed by atoms with Crippen LogP contribution in [0.1, 0.15) is 12.8 Å². The van der Waals surface area contributed by atoms with Gasteiger partial charge in [-0.05, 0) is 24.6 Å². The summed E-state index contributed by atoms with van der Waals surface area (Å²) in [5, 5.41) is 8.60. The molecule has 4 rings (SSSR count). The number of thioether (sulfide) groups is 1. The summed E-state index contributed by atoms with van der Waals surface area (Å²) in [6.45, 7) is 0.723. The lowest BCUT2D eigenvalue weighted by Crippen LogP contribution is -2.23. The van der Waals surface area contributed by atoms with Crippen LogP contribution in [0, 0.1) is 0 Å². The normalized spacial score (nSPS) is 14.1. The molecule has 2 aromatic heterocycles. The van der Waals surface area contributed by atoms with Crippen molar-refractivity contribution in [3.8, 4) is 0 Å². The van der Waals surface area contributed by atoms with E-state index in [1.165, 1.54) is 18.1 Å². The van der Waals surface area contributed by atoms with Crippen LogP contribution in [0.4, 0.5) is 11.4 Å². The van der Waals surface area contributed by atoms with Gasteiger partial charge in [0.25, 0.3) is 0 Å². The van der Waals surface area contributed by atoms with Gasteiger partial charge >= 0.3 is 0 Å². The second-order valence-corrected chi connectivity index (χ2v) is 7.18. The zero-order chi connectivity index (χ0) is 18.8. The molecule has 1 fully saturated rings. The van der Waals surface area contributed by atoms with Crippen molar-refractivity contribution in [2.45, 2.75) is 17.9 Å². The Bertz CT molecular complexity index is 1020. The van der Waals surface area contributed by atoms with Crippen molar-refractivity contribution in [2.75, 3.05) is 22.5 Å². The van der Waals surface area contributed by atoms with E-state index < -0.39 is 0 Å². The molecule has 8 nitrogen and oxygen atoms in total. The van der Waals surface area contributed by atoms with Crippen LogP contribution in [-0.4, -0.2) is 43.9 Å². The summed E-state index contributed by atoms with van der Waals surface area (Å²) in [4.78, 5) is 34.4. The van der Waals surface area contributed by atoms with Gasteiger partial charge in [-0.2, -0.15) is 5.10 Å². The highest BCUT2D eigenvalue weighted by atomic mass is 32.2. The van der Waals surface area contributed by atoms with Gasteiger partial charge < -0.3 is 10.2 Å². The maximum atomic E-state index is 12.3. The first-order chi connectivity index (χ1) is 13.1. The maximum absolute atomic E-state index is 12.3. The van der Waals surface area contributed by atoms with Crippen LogP contribution in [0.3, 0.4) is 0 Å². The number of amides is 2. The summed E-state index contributed by atoms with van der Waals surface area (Å²) in [7, 11) is 1.81. The Hall–Kier alpha value is -2.94. The van der Waals surface area contributed by atoms with E-state index in [9.17, 15) is 9.59 Å². The number of hydrogen-bond acceptors (Lipinski definition) is 6. The Kier molecular flexibility index (Phi) is 4.76.